The number of nitrogen functional groups attached to an aromatic ring is 1. The van der Waals surface area contributed by atoms with Gasteiger partial charge in [-0.15, -0.1) is 0 Å². The van der Waals surface area contributed by atoms with Gasteiger partial charge < -0.3 is 120 Å². The number of H-pyrrole nitrogens is 1. The Morgan fingerprint density at radius 3 is 1.51 bits per heavy atom. The lowest BCUT2D eigenvalue weighted by atomic mass is 9.96. The Hall–Kier alpha value is -7.86. The normalized spacial score (nSPS) is 16.9. The van der Waals surface area contributed by atoms with Crippen LogP contribution in [-0.2, 0) is 44.9 Å². The first-order valence-corrected chi connectivity index (χ1v) is 24.5. The van der Waals surface area contributed by atoms with Crippen molar-refractivity contribution in [1.82, 2.24) is 51.8 Å². The number of carboxylic acid groups (broad SMARTS) is 3. The zero-order valence-electron chi connectivity index (χ0n) is 42.4. The van der Waals surface area contributed by atoms with Crippen molar-refractivity contribution >= 4 is 88.8 Å². The van der Waals surface area contributed by atoms with E-state index in [1.807, 2.05) is 5.32 Å². The van der Waals surface area contributed by atoms with Crippen molar-refractivity contribution in [1.29, 1.82) is 0 Å². The van der Waals surface area contributed by atoms with Crippen LogP contribution in [0.2, 0.25) is 0 Å². The molecule has 38 heteroatoms. The molecule has 0 aliphatic rings. The number of hydrogen-bond donors (Lipinski definition) is 25. The molecule has 1 aromatic carbocycles. The molecule has 2 heterocycles. The third-order valence-electron chi connectivity index (χ3n) is 11.8. The molecule has 0 saturated heterocycles. The van der Waals surface area contributed by atoms with E-state index in [-0.39, 0.29) is 29.2 Å². The first kappa shape index (κ1) is 68.4. The molecule has 454 valence electrons. The SMILES string of the molecule is Nc1nc2ncc(CNc3ccc(C(=O)NC(CCC(=O)N[C@H](C(=O)N[C@@H](CC(=O)O)C(=O)N[C@H](C(=O)N[C@H](C(=O)N[C@H](CS)C(=O)O)[C@@H](O)[C@H](O)[C@H](O)CO)[C@@H](O)[C@H](O)[C@H](O)CO)[C@@H](O)[C@H](O)[C@H](O)CO)C(=O)O)cc3)nc2c(=O)[nH]1. The largest absolute Gasteiger partial charge is 0.481 e. The number of fused-ring (bicyclic) bond motifs is 1. The Labute approximate surface area is 465 Å². The zero-order chi connectivity index (χ0) is 61.9. The summed E-state index contributed by atoms with van der Waals surface area (Å²) in [5.74, 6) is -16.0. The van der Waals surface area contributed by atoms with Crippen molar-refractivity contribution < 1.29 is 120 Å². The van der Waals surface area contributed by atoms with E-state index in [1.165, 1.54) is 30.5 Å². The summed E-state index contributed by atoms with van der Waals surface area (Å²) in [4.78, 5) is 144. The molecule has 0 saturated carbocycles. The van der Waals surface area contributed by atoms with Crippen LogP contribution in [0.15, 0.2) is 35.3 Å². The predicted molar refractivity (Wildman–Crippen MR) is 273 cm³/mol. The summed E-state index contributed by atoms with van der Waals surface area (Å²) in [6, 6.07) is -9.05. The molecule has 0 aliphatic carbocycles. The summed E-state index contributed by atoms with van der Waals surface area (Å²) in [7, 11) is 0. The second-order valence-corrected chi connectivity index (χ2v) is 18.1. The number of thiol groups is 1. The molecule has 3 aromatic rings. The van der Waals surface area contributed by atoms with E-state index < -0.39 is 195 Å². The van der Waals surface area contributed by atoms with Crippen LogP contribution in [0.5, 0.6) is 0 Å². The number of aliphatic carboxylic acids is 3. The molecule has 6 amide bonds. The summed E-state index contributed by atoms with van der Waals surface area (Å²) >= 11 is 3.75. The molecule has 15 atom stereocenters. The number of nitrogens with two attached hydrogens (primary N) is 1. The number of carbonyl (C=O) groups excluding carboxylic acids is 6. The zero-order valence-corrected chi connectivity index (χ0v) is 43.3. The average Bonchev–Trinajstić information content (AvgIpc) is 3.62. The third-order valence-corrected chi connectivity index (χ3v) is 12.1. The molecule has 0 radical (unpaired) electrons. The summed E-state index contributed by atoms with van der Waals surface area (Å²) in [6.45, 7) is -3.94. The lowest BCUT2D eigenvalue weighted by molar-refractivity contribution is -0.148. The molecule has 0 fully saturated rings. The molecule has 2 aromatic heterocycles. The highest BCUT2D eigenvalue weighted by Crippen LogP contribution is 2.15. The van der Waals surface area contributed by atoms with Gasteiger partial charge in [0.1, 0.15) is 91.2 Å². The van der Waals surface area contributed by atoms with Gasteiger partial charge in [-0.05, 0) is 30.7 Å². The van der Waals surface area contributed by atoms with E-state index in [9.17, 15) is 125 Å². The van der Waals surface area contributed by atoms with Crippen LogP contribution in [0.3, 0.4) is 0 Å². The number of benzene rings is 1. The minimum atomic E-state index is -2.87. The van der Waals surface area contributed by atoms with E-state index in [1.54, 1.807) is 21.3 Å². The number of nitrogens with one attached hydrogen (secondary N) is 8. The number of amides is 6. The number of hydrogen-bond acceptors (Lipinski definition) is 28. The fourth-order valence-corrected chi connectivity index (χ4v) is 7.36. The van der Waals surface area contributed by atoms with Crippen LogP contribution in [0.4, 0.5) is 11.6 Å². The van der Waals surface area contributed by atoms with Crippen molar-refractivity contribution in [3.8, 4) is 0 Å². The van der Waals surface area contributed by atoms with Crippen molar-refractivity contribution in [3.63, 3.8) is 0 Å². The molecular weight excluding hydrogens is 1130 g/mol. The fourth-order valence-electron chi connectivity index (χ4n) is 7.11. The molecule has 3 rings (SSSR count). The Morgan fingerprint density at radius 2 is 1.05 bits per heavy atom. The Kier molecular flexibility index (Phi) is 26.7. The van der Waals surface area contributed by atoms with Gasteiger partial charge in [0.05, 0.1) is 44.7 Å². The smallest absolute Gasteiger partial charge is 0.327 e. The molecule has 37 nitrogen and oxygen atoms in total. The van der Waals surface area contributed by atoms with Crippen LogP contribution in [0.25, 0.3) is 11.2 Å². The predicted octanol–water partition coefficient (Wildman–Crippen LogP) is -12.0. The van der Waals surface area contributed by atoms with Gasteiger partial charge in [0.15, 0.2) is 11.2 Å². The average molecular weight is 1190 g/mol. The number of nitrogens with zero attached hydrogens (tertiary/aromatic N) is 3. The third kappa shape index (κ3) is 19.4. The van der Waals surface area contributed by atoms with E-state index in [2.05, 4.69) is 43.2 Å². The van der Waals surface area contributed by atoms with Gasteiger partial charge in [-0.25, -0.2) is 19.6 Å². The minimum absolute atomic E-state index is 0.00368. The summed E-state index contributed by atoms with van der Waals surface area (Å²) in [5.41, 5.74) is 5.43. The molecule has 0 aliphatic heterocycles. The number of carbonyl (C=O) groups is 9. The quantitative estimate of drug-likeness (QED) is 0.0247. The summed E-state index contributed by atoms with van der Waals surface area (Å²) in [6.07, 6.45) is -25.0. The Morgan fingerprint density at radius 1 is 0.585 bits per heavy atom. The van der Waals surface area contributed by atoms with Gasteiger partial charge in [-0.1, -0.05) is 0 Å². The molecule has 82 heavy (non-hydrogen) atoms. The maximum absolute atomic E-state index is 13.9. The molecule has 25 N–H and O–H groups in total. The summed E-state index contributed by atoms with van der Waals surface area (Å²) < 4.78 is 0. The molecular formula is C44H62N12O25S. The Bertz CT molecular complexity index is 2780. The second kappa shape index (κ2) is 32.0. The van der Waals surface area contributed by atoms with Gasteiger partial charge >= 0.3 is 17.9 Å². The van der Waals surface area contributed by atoms with Gasteiger partial charge in [-0.2, -0.15) is 17.6 Å². The number of rotatable bonds is 34. The highest BCUT2D eigenvalue weighted by atomic mass is 32.1. The molecule has 0 bridgehead atoms. The van der Waals surface area contributed by atoms with Crippen LogP contribution < -0.4 is 48.5 Å². The standard InChI is InChI=1S/C44H62N12O25S/c45-44-55-35-28(41(77)56-44)48-16(9-47-35)8-46-15-3-1-14(2-4-15)36(72)49-17(42(78)79)5-6-23(63)52-25(32(69)29(66)20(60)10-57)38(74)50-18(7-24(64)65)37(73)53-27(34(71)31(68)22(62)12-59)40(76)54-26(33(70)30(67)21(61)11-58)39(75)51-19(13-82)43(80)81/h1-4,9,17-22,25-27,29-34,46,57-62,66-71,82H,5-8,10-13H2,(H,49,72)(H,50,74)(H,51,75)(H,52,63)(H,53,73)(H,54,76)(H,64,65)(H,78,79)(H,80,81)(H3,45,47,55,56,77)/t17?,18-,19+,20+,21+,22+,25-,26-,27-,29+,30+,31+,32+,33+,34+/m0/s1. The van der Waals surface area contributed by atoms with Gasteiger partial charge in [0, 0.05) is 23.4 Å². The Balaban J connectivity index is 1.87. The van der Waals surface area contributed by atoms with Crippen LogP contribution in [0.1, 0.15) is 35.3 Å². The van der Waals surface area contributed by atoms with E-state index >= 15 is 0 Å². The van der Waals surface area contributed by atoms with Gasteiger partial charge in [0.2, 0.25) is 35.5 Å². The summed E-state index contributed by atoms with van der Waals surface area (Å²) in [5, 5.41) is 166. The number of aromatic nitrogens is 4. The highest BCUT2D eigenvalue weighted by Gasteiger charge is 2.44. The lowest BCUT2D eigenvalue weighted by Crippen LogP contribution is -2.67. The number of anilines is 2. The van der Waals surface area contributed by atoms with Gasteiger partial charge in [0.25, 0.3) is 11.5 Å². The highest BCUT2D eigenvalue weighted by molar-refractivity contribution is 7.80. The van der Waals surface area contributed by atoms with E-state index in [0.29, 0.717) is 11.4 Å². The second-order valence-electron chi connectivity index (χ2n) is 17.8. The van der Waals surface area contributed by atoms with Gasteiger partial charge in [-0.3, -0.25) is 43.3 Å². The number of aliphatic hydroxyl groups is 12. The lowest BCUT2D eigenvalue weighted by Gasteiger charge is -2.33. The van der Waals surface area contributed by atoms with Crippen molar-refractivity contribution in [2.24, 2.45) is 0 Å². The van der Waals surface area contributed by atoms with E-state index in [0.717, 1.165) is 0 Å². The van der Waals surface area contributed by atoms with Crippen LogP contribution in [-0.4, -0.2) is 267 Å². The number of aliphatic hydroxyl groups excluding tert-OH is 12. The van der Waals surface area contributed by atoms with E-state index in [4.69, 9.17) is 5.73 Å². The number of carboxylic acids is 3. The first-order valence-electron chi connectivity index (χ1n) is 23.9. The van der Waals surface area contributed by atoms with Crippen molar-refractivity contribution in [2.45, 2.75) is 117 Å². The monoisotopic (exact) mass is 1190 g/mol. The van der Waals surface area contributed by atoms with Crippen LogP contribution in [0, 0.1) is 0 Å². The van der Waals surface area contributed by atoms with Crippen molar-refractivity contribution in [2.75, 3.05) is 36.6 Å². The maximum atomic E-state index is 13.9. The fraction of sp³-hybridized carbons (Fsp3) is 0.523. The van der Waals surface area contributed by atoms with Crippen molar-refractivity contribution in [3.05, 3.63) is 52.1 Å². The number of aromatic amines is 1. The van der Waals surface area contributed by atoms with Crippen LogP contribution >= 0.6 is 12.6 Å². The molecule has 0 spiro atoms. The minimum Gasteiger partial charge on any atom is -0.481 e. The first-order chi connectivity index (χ1) is 38.5. The maximum Gasteiger partial charge on any atom is 0.327 e. The topological polar surface area (TPSA) is 639 Å². The molecule has 1 unspecified atom stereocenters.